The van der Waals surface area contributed by atoms with E-state index in [1.165, 1.54) is 10.4 Å². The maximum atomic E-state index is 12.6. The fourth-order valence-corrected chi connectivity index (χ4v) is 4.93. The third-order valence-electron chi connectivity index (χ3n) is 4.32. The van der Waals surface area contributed by atoms with Gasteiger partial charge in [0.25, 0.3) is 5.91 Å². The quantitative estimate of drug-likeness (QED) is 0.726. The Labute approximate surface area is 167 Å². The zero-order valence-corrected chi connectivity index (χ0v) is 17.3. The molecule has 1 N–H and O–H groups in total. The van der Waals surface area contributed by atoms with Crippen LogP contribution in [0.2, 0.25) is 0 Å². The number of carbonyl (C=O) groups is 1. The Kier molecular flexibility index (Phi) is 6.18. The summed E-state index contributed by atoms with van der Waals surface area (Å²) in [6.07, 6.45) is 1.79. The summed E-state index contributed by atoms with van der Waals surface area (Å²) >= 11 is 3.35. The third-order valence-corrected chi connectivity index (χ3v) is 6.70. The lowest BCUT2D eigenvalue weighted by Crippen LogP contribution is -2.27. The van der Waals surface area contributed by atoms with Gasteiger partial charge in [-0.2, -0.15) is 4.31 Å². The number of nitrogens with one attached hydrogen (secondary N) is 1. The van der Waals surface area contributed by atoms with Crippen molar-refractivity contribution in [2.24, 2.45) is 0 Å². The monoisotopic (exact) mass is 452 g/mol. The summed E-state index contributed by atoms with van der Waals surface area (Å²) in [5.41, 5.74) is 1.34. The normalized spacial score (nSPS) is 14.9. The Bertz CT molecular complexity index is 940. The highest BCUT2D eigenvalue weighted by molar-refractivity contribution is 9.10. The first-order valence-electron chi connectivity index (χ1n) is 8.65. The second-order valence-electron chi connectivity index (χ2n) is 6.39. The highest BCUT2D eigenvalue weighted by Gasteiger charge is 2.27. The number of anilines is 1. The maximum Gasteiger partial charge on any atom is 0.262 e. The zero-order chi connectivity index (χ0) is 19.4. The molecule has 2 aromatic carbocycles. The van der Waals surface area contributed by atoms with Crippen molar-refractivity contribution >= 4 is 37.5 Å². The average Bonchev–Trinajstić information content (AvgIpc) is 3.16. The molecule has 0 aliphatic carbocycles. The van der Waals surface area contributed by atoms with Gasteiger partial charge in [0.2, 0.25) is 10.0 Å². The molecule has 0 aromatic heterocycles. The molecule has 1 aliphatic heterocycles. The van der Waals surface area contributed by atoms with E-state index in [1.807, 2.05) is 12.1 Å². The van der Waals surface area contributed by atoms with Crippen LogP contribution in [0.1, 0.15) is 18.4 Å². The van der Waals surface area contributed by atoms with E-state index in [1.54, 1.807) is 31.2 Å². The number of sulfonamides is 1. The van der Waals surface area contributed by atoms with Crippen molar-refractivity contribution in [3.63, 3.8) is 0 Å². The van der Waals surface area contributed by atoms with Gasteiger partial charge >= 0.3 is 0 Å². The molecular weight excluding hydrogens is 432 g/mol. The number of benzene rings is 2. The summed E-state index contributed by atoms with van der Waals surface area (Å²) in [5, 5.41) is 2.75. The Morgan fingerprint density at radius 1 is 1.19 bits per heavy atom. The summed E-state index contributed by atoms with van der Waals surface area (Å²) in [6, 6.07) is 12.0. The number of hydrogen-bond acceptors (Lipinski definition) is 4. The third kappa shape index (κ3) is 4.88. The van der Waals surface area contributed by atoms with Crippen molar-refractivity contribution in [2.45, 2.75) is 24.7 Å². The van der Waals surface area contributed by atoms with Crippen LogP contribution in [0, 0.1) is 6.92 Å². The van der Waals surface area contributed by atoms with E-state index in [9.17, 15) is 13.2 Å². The Hall–Kier alpha value is -1.90. The minimum atomic E-state index is -3.46. The lowest BCUT2D eigenvalue weighted by Gasteiger charge is -2.17. The topological polar surface area (TPSA) is 75.7 Å². The van der Waals surface area contributed by atoms with Gasteiger partial charge < -0.3 is 10.1 Å². The standard InChI is InChI=1S/C19H21BrN2O4S/c1-14-11-17(27(24,25)22-9-2-3-10-22)7-8-18(14)26-13-19(23)21-16-6-4-5-15(20)12-16/h4-8,11-12H,2-3,9-10,13H2,1H3,(H,21,23). The summed E-state index contributed by atoms with van der Waals surface area (Å²) < 4.78 is 33.2. The Morgan fingerprint density at radius 3 is 2.59 bits per heavy atom. The number of rotatable bonds is 6. The van der Waals surface area contributed by atoms with Crippen LogP contribution < -0.4 is 10.1 Å². The van der Waals surface area contributed by atoms with E-state index in [0.29, 0.717) is 30.1 Å². The largest absolute Gasteiger partial charge is 0.483 e. The molecule has 2 aromatic rings. The van der Waals surface area contributed by atoms with Gasteiger partial charge in [-0.3, -0.25) is 4.79 Å². The van der Waals surface area contributed by atoms with Gasteiger partial charge in [0.05, 0.1) is 4.90 Å². The first-order valence-corrected chi connectivity index (χ1v) is 10.9. The van der Waals surface area contributed by atoms with Crippen LogP contribution in [0.3, 0.4) is 0 Å². The van der Waals surface area contributed by atoms with E-state index in [4.69, 9.17) is 4.74 Å². The molecule has 1 saturated heterocycles. The van der Waals surface area contributed by atoms with Crippen molar-refractivity contribution in [1.29, 1.82) is 0 Å². The van der Waals surface area contributed by atoms with Crippen LogP contribution in [0.15, 0.2) is 51.8 Å². The second kappa shape index (κ2) is 8.41. The van der Waals surface area contributed by atoms with E-state index in [-0.39, 0.29) is 17.4 Å². The molecule has 27 heavy (non-hydrogen) atoms. The predicted octanol–water partition coefficient (Wildman–Crippen LogP) is 3.56. The smallest absolute Gasteiger partial charge is 0.262 e. The lowest BCUT2D eigenvalue weighted by atomic mass is 10.2. The summed E-state index contributed by atoms with van der Waals surface area (Å²) in [7, 11) is -3.46. The summed E-state index contributed by atoms with van der Waals surface area (Å²) in [5.74, 6) is 0.195. The molecule has 8 heteroatoms. The molecule has 1 heterocycles. The maximum absolute atomic E-state index is 12.6. The van der Waals surface area contributed by atoms with Crippen LogP contribution in [0.4, 0.5) is 5.69 Å². The average molecular weight is 453 g/mol. The lowest BCUT2D eigenvalue weighted by molar-refractivity contribution is -0.118. The highest BCUT2D eigenvalue weighted by Crippen LogP contribution is 2.26. The van der Waals surface area contributed by atoms with Gasteiger partial charge in [-0.25, -0.2) is 8.42 Å². The van der Waals surface area contributed by atoms with Gasteiger partial charge in [-0.05, 0) is 61.7 Å². The molecule has 1 aliphatic rings. The summed E-state index contributed by atoms with van der Waals surface area (Å²) in [4.78, 5) is 12.3. The number of halogens is 1. The van der Waals surface area contributed by atoms with Crippen LogP contribution in [0.5, 0.6) is 5.75 Å². The number of hydrogen-bond donors (Lipinski definition) is 1. The molecular formula is C19H21BrN2O4S. The van der Waals surface area contributed by atoms with Crippen LogP contribution in [-0.2, 0) is 14.8 Å². The van der Waals surface area contributed by atoms with Gasteiger partial charge in [0, 0.05) is 23.2 Å². The molecule has 0 bridgehead atoms. The predicted molar refractivity (Wildman–Crippen MR) is 107 cm³/mol. The molecule has 0 radical (unpaired) electrons. The first-order chi connectivity index (χ1) is 12.9. The minimum Gasteiger partial charge on any atom is -0.483 e. The molecule has 144 valence electrons. The molecule has 1 fully saturated rings. The van der Waals surface area contributed by atoms with E-state index in [2.05, 4.69) is 21.2 Å². The molecule has 6 nitrogen and oxygen atoms in total. The van der Waals surface area contributed by atoms with Gasteiger partial charge in [0.1, 0.15) is 5.75 Å². The van der Waals surface area contributed by atoms with Crippen molar-refractivity contribution in [3.05, 3.63) is 52.5 Å². The molecule has 1 amide bonds. The summed E-state index contributed by atoms with van der Waals surface area (Å²) in [6.45, 7) is 2.74. The SMILES string of the molecule is Cc1cc(S(=O)(=O)N2CCCC2)ccc1OCC(=O)Nc1cccc(Br)c1. The van der Waals surface area contributed by atoms with Gasteiger partial charge in [-0.1, -0.05) is 22.0 Å². The molecule has 0 unspecified atom stereocenters. The zero-order valence-electron chi connectivity index (χ0n) is 14.9. The van der Waals surface area contributed by atoms with Crippen molar-refractivity contribution < 1.29 is 17.9 Å². The minimum absolute atomic E-state index is 0.161. The van der Waals surface area contributed by atoms with Crippen molar-refractivity contribution in [1.82, 2.24) is 4.31 Å². The van der Waals surface area contributed by atoms with Crippen LogP contribution >= 0.6 is 15.9 Å². The number of ether oxygens (including phenoxy) is 1. The van der Waals surface area contributed by atoms with E-state index >= 15 is 0 Å². The Morgan fingerprint density at radius 2 is 1.93 bits per heavy atom. The van der Waals surface area contributed by atoms with E-state index < -0.39 is 10.0 Å². The second-order valence-corrected chi connectivity index (χ2v) is 9.24. The number of aryl methyl sites for hydroxylation is 1. The molecule has 0 spiro atoms. The fraction of sp³-hybridized carbons (Fsp3) is 0.316. The molecule has 0 atom stereocenters. The van der Waals surface area contributed by atoms with Crippen LogP contribution in [-0.4, -0.2) is 38.3 Å². The van der Waals surface area contributed by atoms with Crippen molar-refractivity contribution in [2.75, 3.05) is 25.0 Å². The Balaban J connectivity index is 1.63. The van der Waals surface area contributed by atoms with Crippen molar-refractivity contribution in [3.8, 4) is 5.75 Å². The highest BCUT2D eigenvalue weighted by atomic mass is 79.9. The number of carbonyl (C=O) groups excluding carboxylic acids is 1. The number of amides is 1. The number of nitrogens with zero attached hydrogens (tertiary/aromatic N) is 1. The van der Waals surface area contributed by atoms with E-state index in [0.717, 1.165) is 17.3 Å². The first kappa shape index (κ1) is 19.9. The van der Waals surface area contributed by atoms with Gasteiger partial charge in [0.15, 0.2) is 6.61 Å². The molecule has 3 rings (SSSR count). The van der Waals surface area contributed by atoms with Gasteiger partial charge in [-0.15, -0.1) is 0 Å². The van der Waals surface area contributed by atoms with Crippen LogP contribution in [0.25, 0.3) is 0 Å². The fourth-order valence-electron chi connectivity index (χ4n) is 2.93. The molecule has 0 saturated carbocycles.